The molecule has 0 amide bonds. The highest BCUT2D eigenvalue weighted by atomic mass is 15.4. The van der Waals surface area contributed by atoms with E-state index >= 15 is 0 Å². The van der Waals surface area contributed by atoms with Crippen LogP contribution in [0, 0.1) is 12.3 Å². The smallest absolute Gasteiger partial charge is 0.147 e. The topological polar surface area (TPSA) is 30.7 Å². The van der Waals surface area contributed by atoms with Crippen molar-refractivity contribution in [2.24, 2.45) is 5.41 Å². The van der Waals surface area contributed by atoms with Crippen LogP contribution in [-0.4, -0.2) is 14.8 Å². The van der Waals surface area contributed by atoms with E-state index in [2.05, 4.69) is 56.3 Å². The van der Waals surface area contributed by atoms with Gasteiger partial charge in [0.1, 0.15) is 11.6 Å². The maximum absolute atomic E-state index is 4.52. The molecule has 0 fully saturated rings. The number of hydrogen-bond acceptors (Lipinski definition) is 2. The largest absolute Gasteiger partial charge is 0.249 e. The van der Waals surface area contributed by atoms with Gasteiger partial charge in [0.25, 0.3) is 0 Å². The van der Waals surface area contributed by atoms with Gasteiger partial charge in [-0.2, -0.15) is 5.10 Å². The number of rotatable bonds is 1. The third-order valence-electron chi connectivity index (χ3n) is 2.07. The van der Waals surface area contributed by atoms with E-state index in [9.17, 15) is 0 Å². The SMILES string of the molecule is Cc1nc(C(C)(C)C)n(CC(C)(C)C)n1. The highest BCUT2D eigenvalue weighted by Crippen LogP contribution is 2.23. The van der Waals surface area contributed by atoms with Gasteiger partial charge in [-0.1, -0.05) is 41.5 Å². The summed E-state index contributed by atoms with van der Waals surface area (Å²) in [6, 6.07) is 0. The third kappa shape index (κ3) is 3.33. The maximum Gasteiger partial charge on any atom is 0.147 e. The first kappa shape index (κ1) is 12.2. The molecule has 0 unspecified atom stereocenters. The highest BCUT2D eigenvalue weighted by molar-refractivity contribution is 5.04. The van der Waals surface area contributed by atoms with E-state index in [4.69, 9.17) is 0 Å². The number of aromatic nitrogens is 3. The maximum atomic E-state index is 4.52. The summed E-state index contributed by atoms with van der Waals surface area (Å²) in [6.45, 7) is 16.1. The average molecular weight is 209 g/mol. The van der Waals surface area contributed by atoms with Crippen LogP contribution in [0.25, 0.3) is 0 Å². The number of aryl methyl sites for hydroxylation is 1. The third-order valence-corrected chi connectivity index (χ3v) is 2.07. The summed E-state index contributed by atoms with van der Waals surface area (Å²) in [4.78, 5) is 4.52. The summed E-state index contributed by atoms with van der Waals surface area (Å²) < 4.78 is 2.05. The lowest BCUT2D eigenvalue weighted by Gasteiger charge is -2.23. The predicted octanol–water partition coefficient (Wildman–Crippen LogP) is 2.93. The fourth-order valence-corrected chi connectivity index (χ4v) is 1.57. The van der Waals surface area contributed by atoms with Gasteiger partial charge in [-0.3, -0.25) is 0 Å². The van der Waals surface area contributed by atoms with Gasteiger partial charge in [0.15, 0.2) is 0 Å². The summed E-state index contributed by atoms with van der Waals surface area (Å²) in [6.07, 6.45) is 0. The van der Waals surface area contributed by atoms with Crippen LogP contribution < -0.4 is 0 Å². The van der Waals surface area contributed by atoms with Crippen LogP contribution in [0.5, 0.6) is 0 Å². The molecule has 0 saturated heterocycles. The molecule has 0 radical (unpaired) electrons. The highest BCUT2D eigenvalue weighted by Gasteiger charge is 2.24. The molecule has 0 aliphatic heterocycles. The zero-order chi connectivity index (χ0) is 11.9. The van der Waals surface area contributed by atoms with E-state index in [0.29, 0.717) is 0 Å². The summed E-state index contributed by atoms with van der Waals surface area (Å²) in [5.41, 5.74) is 0.298. The van der Waals surface area contributed by atoms with Crippen LogP contribution in [0.4, 0.5) is 0 Å². The van der Waals surface area contributed by atoms with Crippen molar-refractivity contribution in [3.63, 3.8) is 0 Å². The van der Waals surface area contributed by atoms with Crippen molar-refractivity contribution in [1.82, 2.24) is 14.8 Å². The molecule has 0 bridgehead atoms. The summed E-state index contributed by atoms with van der Waals surface area (Å²) in [5, 5.41) is 4.47. The van der Waals surface area contributed by atoms with Gasteiger partial charge < -0.3 is 0 Å². The van der Waals surface area contributed by atoms with E-state index in [0.717, 1.165) is 18.2 Å². The predicted molar refractivity (Wildman–Crippen MR) is 62.9 cm³/mol. The monoisotopic (exact) mass is 209 g/mol. The van der Waals surface area contributed by atoms with Gasteiger partial charge in [0, 0.05) is 12.0 Å². The first-order chi connectivity index (χ1) is 6.59. The average Bonchev–Trinajstić information content (AvgIpc) is 2.25. The summed E-state index contributed by atoms with van der Waals surface area (Å²) in [5.74, 6) is 1.94. The Hall–Kier alpha value is -0.860. The Balaban J connectivity index is 3.08. The Kier molecular flexibility index (Phi) is 2.94. The van der Waals surface area contributed by atoms with Crippen molar-refractivity contribution >= 4 is 0 Å². The molecule has 0 saturated carbocycles. The molecule has 1 aromatic heterocycles. The first-order valence-corrected chi connectivity index (χ1v) is 5.51. The van der Waals surface area contributed by atoms with Crippen molar-refractivity contribution in [2.45, 2.75) is 60.4 Å². The Morgan fingerprint density at radius 3 is 2.00 bits per heavy atom. The van der Waals surface area contributed by atoms with E-state index in [1.807, 2.05) is 6.92 Å². The molecule has 3 heteroatoms. The normalized spacial score (nSPS) is 13.3. The molecule has 0 N–H and O–H groups in total. The first-order valence-electron chi connectivity index (χ1n) is 5.51. The van der Waals surface area contributed by atoms with Crippen molar-refractivity contribution in [3.8, 4) is 0 Å². The van der Waals surface area contributed by atoms with Crippen molar-refractivity contribution in [2.75, 3.05) is 0 Å². The lowest BCUT2D eigenvalue weighted by Crippen LogP contribution is -2.24. The van der Waals surface area contributed by atoms with Gasteiger partial charge in [0.05, 0.1) is 0 Å². The molecule has 1 aromatic rings. The second-order valence-corrected chi connectivity index (χ2v) is 6.45. The molecule has 15 heavy (non-hydrogen) atoms. The van der Waals surface area contributed by atoms with Gasteiger partial charge in [-0.25, -0.2) is 9.67 Å². The van der Waals surface area contributed by atoms with Crippen LogP contribution in [0.15, 0.2) is 0 Å². The van der Waals surface area contributed by atoms with E-state index < -0.39 is 0 Å². The van der Waals surface area contributed by atoms with Gasteiger partial charge in [-0.05, 0) is 12.3 Å². The number of nitrogens with zero attached hydrogens (tertiary/aromatic N) is 3. The number of hydrogen-bond donors (Lipinski definition) is 0. The van der Waals surface area contributed by atoms with Gasteiger partial charge in [0.2, 0.25) is 0 Å². The molecular weight excluding hydrogens is 186 g/mol. The van der Waals surface area contributed by atoms with Crippen molar-refractivity contribution < 1.29 is 0 Å². The fourth-order valence-electron chi connectivity index (χ4n) is 1.57. The standard InChI is InChI=1S/C12H23N3/c1-9-13-10(12(5,6)7)15(14-9)8-11(2,3)4/h8H2,1-7H3. The quantitative estimate of drug-likeness (QED) is 0.712. The minimum Gasteiger partial charge on any atom is -0.249 e. The van der Waals surface area contributed by atoms with E-state index in [-0.39, 0.29) is 10.8 Å². The van der Waals surface area contributed by atoms with Gasteiger partial charge >= 0.3 is 0 Å². The Morgan fingerprint density at radius 1 is 1.07 bits per heavy atom. The molecule has 0 aliphatic carbocycles. The van der Waals surface area contributed by atoms with Crippen LogP contribution in [-0.2, 0) is 12.0 Å². The molecule has 1 rings (SSSR count). The van der Waals surface area contributed by atoms with E-state index in [1.165, 1.54) is 0 Å². The van der Waals surface area contributed by atoms with Crippen LogP contribution in [0.1, 0.15) is 53.2 Å². The summed E-state index contributed by atoms with van der Waals surface area (Å²) in [7, 11) is 0. The second-order valence-electron chi connectivity index (χ2n) is 6.45. The van der Waals surface area contributed by atoms with Crippen LogP contribution >= 0.6 is 0 Å². The van der Waals surface area contributed by atoms with Crippen molar-refractivity contribution in [1.29, 1.82) is 0 Å². The Labute approximate surface area is 92.9 Å². The molecule has 0 spiro atoms. The zero-order valence-corrected chi connectivity index (χ0v) is 11.0. The lowest BCUT2D eigenvalue weighted by molar-refractivity contribution is 0.307. The van der Waals surface area contributed by atoms with Crippen molar-refractivity contribution in [3.05, 3.63) is 11.6 Å². The van der Waals surface area contributed by atoms with Crippen LogP contribution in [0.2, 0.25) is 0 Å². The lowest BCUT2D eigenvalue weighted by atomic mass is 9.93. The molecule has 0 aromatic carbocycles. The second kappa shape index (κ2) is 3.62. The zero-order valence-electron chi connectivity index (χ0n) is 11.0. The molecule has 0 atom stereocenters. The molecular formula is C12H23N3. The molecule has 1 heterocycles. The van der Waals surface area contributed by atoms with Gasteiger partial charge in [-0.15, -0.1) is 0 Å². The Morgan fingerprint density at radius 2 is 1.60 bits per heavy atom. The van der Waals surface area contributed by atoms with Crippen LogP contribution in [0.3, 0.4) is 0 Å². The minimum atomic E-state index is 0.0620. The minimum absolute atomic E-state index is 0.0620. The Bertz CT molecular complexity index is 337. The fraction of sp³-hybridized carbons (Fsp3) is 0.833. The summed E-state index contributed by atoms with van der Waals surface area (Å²) >= 11 is 0. The molecule has 86 valence electrons. The van der Waals surface area contributed by atoms with E-state index in [1.54, 1.807) is 0 Å². The molecule has 3 nitrogen and oxygen atoms in total. The molecule has 0 aliphatic rings.